The summed E-state index contributed by atoms with van der Waals surface area (Å²) in [5, 5.41) is 0. The van der Waals surface area contributed by atoms with Crippen molar-refractivity contribution in [2.24, 2.45) is 23.7 Å². The molecule has 0 amide bonds. The monoisotopic (exact) mass is 226 g/mol. The minimum Gasteiger partial charge on any atom is -0.461 e. The molecule has 0 N–H and O–H groups in total. The number of carbonyl (C=O) groups excluding carboxylic acids is 1. The molecule has 0 spiro atoms. The largest absolute Gasteiger partial charge is 0.461 e. The Hall–Kier alpha value is -0.500. The Labute approximate surface area is 94.6 Å². The first-order valence-corrected chi connectivity index (χ1v) is 6.25. The van der Waals surface area contributed by atoms with Crippen LogP contribution in [-0.2, 0) is 9.53 Å². The van der Waals surface area contributed by atoms with Gasteiger partial charge in [-0.05, 0) is 37.0 Å². The van der Waals surface area contributed by atoms with Crippen molar-refractivity contribution in [1.29, 1.82) is 0 Å². The third-order valence-electron chi connectivity index (χ3n) is 4.34. The quantitative estimate of drug-likeness (QED) is 0.411. The third-order valence-corrected chi connectivity index (χ3v) is 4.56. The van der Waals surface area contributed by atoms with Gasteiger partial charge in [-0.1, -0.05) is 12.2 Å². The average Bonchev–Trinajstić information content (AvgIpc) is 2.87. The van der Waals surface area contributed by atoms with E-state index in [2.05, 4.69) is 12.2 Å². The first kappa shape index (κ1) is 9.71. The molecule has 2 fully saturated rings. The number of fused-ring (bicyclic) bond motifs is 5. The maximum absolute atomic E-state index is 11.2. The van der Waals surface area contributed by atoms with Crippen LogP contribution in [0.1, 0.15) is 19.3 Å². The molecular weight excluding hydrogens is 212 g/mol. The lowest BCUT2D eigenvalue weighted by Gasteiger charge is -2.30. The molecule has 0 heterocycles. The zero-order chi connectivity index (χ0) is 10.4. The summed E-state index contributed by atoms with van der Waals surface area (Å²) < 4.78 is 5.40. The Morgan fingerprint density at radius 1 is 1.40 bits per heavy atom. The number of halogens is 1. The van der Waals surface area contributed by atoms with Crippen LogP contribution in [0, 0.1) is 23.7 Å². The van der Waals surface area contributed by atoms with E-state index in [1.54, 1.807) is 0 Å². The normalized spacial score (nSPS) is 45.8. The Balaban J connectivity index is 1.70. The summed E-state index contributed by atoms with van der Waals surface area (Å²) in [4.78, 5) is 11.2. The molecule has 2 nitrogen and oxygen atoms in total. The van der Waals surface area contributed by atoms with Gasteiger partial charge in [0, 0.05) is 5.92 Å². The molecular formula is C12H15ClO2. The molecule has 5 atom stereocenters. The van der Waals surface area contributed by atoms with Gasteiger partial charge in [-0.2, -0.15) is 0 Å². The van der Waals surface area contributed by atoms with Gasteiger partial charge in [-0.3, -0.25) is 4.79 Å². The topological polar surface area (TPSA) is 26.3 Å². The first-order chi connectivity index (χ1) is 7.29. The lowest BCUT2D eigenvalue weighted by Crippen LogP contribution is -2.32. The summed E-state index contributed by atoms with van der Waals surface area (Å²) >= 11 is 5.46. The van der Waals surface area contributed by atoms with E-state index in [-0.39, 0.29) is 18.0 Å². The predicted octanol–water partition coefficient (Wildman–Crippen LogP) is 2.37. The van der Waals surface area contributed by atoms with Crippen LogP contribution in [0.25, 0.3) is 0 Å². The molecule has 0 saturated heterocycles. The smallest absolute Gasteiger partial charge is 0.321 e. The van der Waals surface area contributed by atoms with E-state index in [9.17, 15) is 4.79 Å². The maximum atomic E-state index is 11.2. The van der Waals surface area contributed by atoms with Crippen molar-refractivity contribution in [2.45, 2.75) is 25.4 Å². The third kappa shape index (κ3) is 1.42. The van der Waals surface area contributed by atoms with E-state index in [0.29, 0.717) is 11.8 Å². The number of allylic oxidation sites excluding steroid dienone is 2. The van der Waals surface area contributed by atoms with Gasteiger partial charge in [0.25, 0.3) is 0 Å². The molecule has 0 radical (unpaired) electrons. The van der Waals surface area contributed by atoms with E-state index >= 15 is 0 Å². The number of ether oxygens (including phenoxy) is 1. The minimum absolute atomic E-state index is 0.0161. The van der Waals surface area contributed by atoms with Crippen LogP contribution in [0.5, 0.6) is 0 Å². The molecule has 3 heteroatoms. The zero-order valence-corrected chi connectivity index (χ0v) is 9.32. The molecule has 2 bridgehead atoms. The fourth-order valence-corrected chi connectivity index (χ4v) is 3.88. The Morgan fingerprint density at radius 3 is 3.07 bits per heavy atom. The first-order valence-electron chi connectivity index (χ1n) is 5.71. The van der Waals surface area contributed by atoms with Gasteiger partial charge < -0.3 is 4.74 Å². The fourth-order valence-electron chi connectivity index (χ4n) is 3.82. The SMILES string of the molecule is O=C(CCl)O[C@@H]1C[C@H]2C[C@@H]1[C@@H]1C=CC[C@H]21. The summed E-state index contributed by atoms with van der Waals surface area (Å²) in [5.41, 5.74) is 0. The molecule has 82 valence electrons. The van der Waals surface area contributed by atoms with Gasteiger partial charge in [0.2, 0.25) is 0 Å². The number of alkyl halides is 1. The van der Waals surface area contributed by atoms with E-state index in [0.717, 1.165) is 18.3 Å². The summed E-state index contributed by atoms with van der Waals surface area (Å²) in [5.74, 6) is 2.61. The molecule has 15 heavy (non-hydrogen) atoms. The highest BCUT2D eigenvalue weighted by Gasteiger charge is 2.53. The molecule has 3 aliphatic carbocycles. The Bertz CT molecular complexity index is 313. The van der Waals surface area contributed by atoms with Crippen molar-refractivity contribution < 1.29 is 9.53 Å². The Kier molecular flexibility index (Phi) is 2.27. The summed E-state index contributed by atoms with van der Waals surface area (Å²) in [6, 6.07) is 0. The van der Waals surface area contributed by atoms with Crippen LogP contribution in [0.2, 0.25) is 0 Å². The van der Waals surface area contributed by atoms with Gasteiger partial charge in [0.15, 0.2) is 0 Å². The molecule has 3 rings (SSSR count). The molecule has 0 aliphatic heterocycles. The van der Waals surface area contributed by atoms with Crippen LogP contribution in [-0.4, -0.2) is 18.0 Å². The van der Waals surface area contributed by atoms with Crippen LogP contribution >= 0.6 is 11.6 Å². The van der Waals surface area contributed by atoms with Gasteiger partial charge in [0.1, 0.15) is 12.0 Å². The molecule has 0 aromatic carbocycles. The van der Waals surface area contributed by atoms with Gasteiger partial charge in [-0.15, -0.1) is 11.6 Å². The van der Waals surface area contributed by atoms with Crippen LogP contribution in [0.4, 0.5) is 0 Å². The van der Waals surface area contributed by atoms with Crippen molar-refractivity contribution in [1.82, 2.24) is 0 Å². The average molecular weight is 227 g/mol. The van der Waals surface area contributed by atoms with Crippen molar-refractivity contribution in [3.8, 4) is 0 Å². The van der Waals surface area contributed by atoms with Crippen molar-refractivity contribution in [3.63, 3.8) is 0 Å². The summed E-state index contributed by atoms with van der Waals surface area (Å²) in [6.45, 7) is 0. The van der Waals surface area contributed by atoms with Gasteiger partial charge in [-0.25, -0.2) is 0 Å². The predicted molar refractivity (Wildman–Crippen MR) is 57.6 cm³/mol. The Morgan fingerprint density at radius 2 is 2.27 bits per heavy atom. The fraction of sp³-hybridized carbons (Fsp3) is 0.750. The molecule has 3 aliphatic rings. The second-order valence-electron chi connectivity index (χ2n) is 4.96. The van der Waals surface area contributed by atoms with Crippen molar-refractivity contribution in [2.75, 3.05) is 5.88 Å². The maximum Gasteiger partial charge on any atom is 0.321 e. The van der Waals surface area contributed by atoms with Crippen LogP contribution < -0.4 is 0 Å². The lowest BCUT2D eigenvalue weighted by molar-refractivity contribution is -0.149. The molecule has 0 unspecified atom stereocenters. The summed E-state index contributed by atoms with van der Waals surface area (Å²) in [7, 11) is 0. The highest BCUT2D eigenvalue weighted by Crippen LogP contribution is 2.57. The minimum atomic E-state index is -0.257. The number of esters is 1. The highest BCUT2D eigenvalue weighted by molar-refractivity contribution is 6.26. The number of hydrogen-bond acceptors (Lipinski definition) is 2. The molecule has 0 aromatic heterocycles. The van der Waals surface area contributed by atoms with E-state index < -0.39 is 0 Å². The van der Waals surface area contributed by atoms with Crippen LogP contribution in [0.15, 0.2) is 12.2 Å². The van der Waals surface area contributed by atoms with Gasteiger partial charge in [0.05, 0.1) is 0 Å². The number of rotatable bonds is 2. The van der Waals surface area contributed by atoms with E-state index in [1.165, 1.54) is 12.8 Å². The molecule has 0 aromatic rings. The van der Waals surface area contributed by atoms with Crippen LogP contribution in [0.3, 0.4) is 0 Å². The van der Waals surface area contributed by atoms with E-state index in [4.69, 9.17) is 16.3 Å². The van der Waals surface area contributed by atoms with Gasteiger partial charge >= 0.3 is 5.97 Å². The second-order valence-corrected chi connectivity index (χ2v) is 5.23. The van der Waals surface area contributed by atoms with Crippen molar-refractivity contribution >= 4 is 17.6 Å². The number of carbonyl (C=O) groups is 1. The van der Waals surface area contributed by atoms with Crippen molar-refractivity contribution in [3.05, 3.63) is 12.2 Å². The van der Waals surface area contributed by atoms with E-state index in [1.807, 2.05) is 0 Å². The standard InChI is InChI=1S/C12H15ClO2/c13-6-12(14)15-11-5-7-4-10(11)9-3-1-2-8(7)9/h1,3,7-11H,2,4-6H2/t7-,8-,9-,10-,11-/m1/s1. The summed E-state index contributed by atoms with van der Waals surface area (Å²) in [6.07, 6.45) is 8.32. The zero-order valence-electron chi connectivity index (χ0n) is 8.56. The molecule has 2 saturated carbocycles. The number of hydrogen-bond donors (Lipinski definition) is 0. The second kappa shape index (κ2) is 3.51. The lowest BCUT2D eigenvalue weighted by atomic mass is 9.80. The highest BCUT2D eigenvalue weighted by atomic mass is 35.5.